The van der Waals surface area contributed by atoms with Crippen molar-refractivity contribution in [1.82, 2.24) is 10.2 Å². The predicted molar refractivity (Wildman–Crippen MR) is 148 cm³/mol. The van der Waals surface area contributed by atoms with Gasteiger partial charge in [0.1, 0.15) is 22.8 Å². The minimum Gasteiger partial charge on any atom is -0.508 e. The van der Waals surface area contributed by atoms with Crippen LogP contribution in [0.3, 0.4) is 0 Å². The summed E-state index contributed by atoms with van der Waals surface area (Å²) in [6.45, 7) is 1.19. The van der Waals surface area contributed by atoms with Crippen molar-refractivity contribution in [1.29, 1.82) is 0 Å². The van der Waals surface area contributed by atoms with E-state index in [9.17, 15) is 39.6 Å². The zero-order valence-electron chi connectivity index (χ0n) is 22.6. The van der Waals surface area contributed by atoms with E-state index >= 15 is 0 Å². The average molecular weight is 562 g/mol. The van der Waals surface area contributed by atoms with E-state index in [-0.39, 0.29) is 42.1 Å². The molecule has 2 aromatic rings. The Kier molecular flexibility index (Phi) is 6.96. The highest BCUT2D eigenvalue weighted by Crippen LogP contribution is 2.53. The molecule has 11 heteroatoms. The number of nitrogens with zero attached hydrogens (tertiary/aromatic N) is 1. The number of hydrogen-bond donors (Lipinski definition) is 6. The molecule has 1 saturated carbocycles. The van der Waals surface area contributed by atoms with E-state index in [4.69, 9.17) is 5.73 Å². The van der Waals surface area contributed by atoms with Crippen molar-refractivity contribution in [2.24, 2.45) is 17.6 Å². The molecule has 0 radical (unpaired) electrons. The molecule has 1 fully saturated rings. The van der Waals surface area contributed by atoms with Crippen molar-refractivity contribution < 1.29 is 39.6 Å². The van der Waals surface area contributed by atoms with Gasteiger partial charge in [-0.05, 0) is 67.7 Å². The van der Waals surface area contributed by atoms with Crippen LogP contribution in [0.2, 0.25) is 0 Å². The van der Waals surface area contributed by atoms with Crippen LogP contribution in [0.4, 0.5) is 0 Å². The lowest BCUT2D eigenvalue weighted by Gasteiger charge is -2.46. The first-order valence-corrected chi connectivity index (χ1v) is 13.2. The number of phenolic OH excluding ortho intramolecular Hbond substituents is 1. The van der Waals surface area contributed by atoms with Gasteiger partial charge < -0.3 is 36.4 Å². The molecule has 3 aliphatic rings. The Morgan fingerprint density at radius 2 is 1.73 bits per heavy atom. The van der Waals surface area contributed by atoms with Crippen molar-refractivity contribution in [3.05, 3.63) is 70.0 Å². The first-order chi connectivity index (χ1) is 19.4. The van der Waals surface area contributed by atoms with Gasteiger partial charge in [0, 0.05) is 36.6 Å². The van der Waals surface area contributed by atoms with Gasteiger partial charge in [-0.2, -0.15) is 0 Å². The summed E-state index contributed by atoms with van der Waals surface area (Å²) in [5.41, 5.74) is 4.00. The minimum atomic E-state index is -2.61. The summed E-state index contributed by atoms with van der Waals surface area (Å²) < 4.78 is 0. The van der Waals surface area contributed by atoms with E-state index in [1.807, 2.05) is 19.0 Å². The van der Waals surface area contributed by atoms with Crippen LogP contribution in [0.5, 0.6) is 5.75 Å². The zero-order valence-corrected chi connectivity index (χ0v) is 22.6. The first kappa shape index (κ1) is 28.1. The fraction of sp³-hybridized carbons (Fsp3) is 0.333. The highest BCUT2D eigenvalue weighted by atomic mass is 16.3. The molecular weight excluding hydrogens is 530 g/mol. The number of carbonyl (C=O) groups is 4. The number of benzene rings is 2. The number of primary amides is 1. The van der Waals surface area contributed by atoms with E-state index in [0.29, 0.717) is 35.3 Å². The van der Waals surface area contributed by atoms with E-state index in [1.54, 1.807) is 30.3 Å². The first-order valence-electron chi connectivity index (χ1n) is 13.2. The van der Waals surface area contributed by atoms with Crippen LogP contribution < -0.4 is 11.1 Å². The summed E-state index contributed by atoms with van der Waals surface area (Å²) in [5.74, 6) is -6.92. The van der Waals surface area contributed by atoms with Crippen molar-refractivity contribution in [3.8, 4) is 16.9 Å². The van der Waals surface area contributed by atoms with E-state index in [2.05, 4.69) is 5.32 Å². The number of ketones is 2. The Morgan fingerprint density at radius 3 is 2.37 bits per heavy atom. The SMILES string of the molecule is CN(C)CCNC(=O)c1ccc(-c2ccc(O)c3c2C[C@H]2C[C@H]4CC(=O)C(C(N)=O)=C(O)[C@@]4(O)C(=O)C2=C3O)cc1. The maximum Gasteiger partial charge on any atom is 0.255 e. The Labute approximate surface area is 235 Å². The number of carbonyl (C=O) groups excluding carboxylic acids is 4. The monoisotopic (exact) mass is 561 g/mol. The van der Waals surface area contributed by atoms with Crippen LogP contribution in [-0.4, -0.2) is 81.5 Å². The number of rotatable bonds is 6. The molecule has 41 heavy (non-hydrogen) atoms. The van der Waals surface area contributed by atoms with Gasteiger partial charge in [-0.1, -0.05) is 18.2 Å². The van der Waals surface area contributed by atoms with E-state index in [0.717, 1.165) is 0 Å². The van der Waals surface area contributed by atoms with Crippen molar-refractivity contribution in [2.75, 3.05) is 27.2 Å². The molecule has 2 amide bonds. The Bertz CT molecular complexity index is 1560. The van der Waals surface area contributed by atoms with Gasteiger partial charge in [0.25, 0.3) is 11.8 Å². The summed E-state index contributed by atoms with van der Waals surface area (Å²) in [7, 11) is 3.82. The Hall–Kier alpha value is -4.48. The fourth-order valence-electron chi connectivity index (χ4n) is 6.19. The van der Waals surface area contributed by atoms with E-state index < -0.39 is 52.0 Å². The second-order valence-electron chi connectivity index (χ2n) is 11.0. The number of aliphatic hydroxyl groups excluding tert-OH is 2. The molecule has 0 aromatic heterocycles. The molecule has 3 aliphatic carbocycles. The van der Waals surface area contributed by atoms with Crippen molar-refractivity contribution >= 4 is 29.1 Å². The number of nitrogens with two attached hydrogens (primary N) is 1. The van der Waals surface area contributed by atoms with Gasteiger partial charge >= 0.3 is 0 Å². The lowest BCUT2D eigenvalue weighted by atomic mass is 9.59. The van der Waals surface area contributed by atoms with Gasteiger partial charge in [-0.15, -0.1) is 0 Å². The largest absolute Gasteiger partial charge is 0.508 e. The number of likely N-dealkylation sites (N-methyl/N-ethyl adjacent to an activating group) is 1. The number of fused-ring (bicyclic) bond motifs is 3. The van der Waals surface area contributed by atoms with Crippen LogP contribution in [0, 0.1) is 11.8 Å². The number of aliphatic hydroxyl groups is 3. The molecule has 0 unspecified atom stereocenters. The third-order valence-corrected chi connectivity index (χ3v) is 8.25. The van der Waals surface area contributed by atoms with Gasteiger partial charge in [-0.25, -0.2) is 0 Å². The van der Waals surface area contributed by atoms with Gasteiger partial charge in [0.15, 0.2) is 11.4 Å². The number of aromatic hydroxyl groups is 1. The summed E-state index contributed by atoms with van der Waals surface area (Å²) in [6, 6.07) is 9.90. The zero-order chi connectivity index (χ0) is 29.8. The van der Waals surface area contributed by atoms with Crippen LogP contribution in [0.1, 0.15) is 34.3 Å². The van der Waals surface area contributed by atoms with Gasteiger partial charge in [0.2, 0.25) is 5.78 Å². The summed E-state index contributed by atoms with van der Waals surface area (Å²) in [4.78, 5) is 52.5. The quantitative estimate of drug-likeness (QED) is 0.283. The molecule has 214 valence electrons. The highest BCUT2D eigenvalue weighted by molar-refractivity contribution is 6.22. The predicted octanol–water partition coefficient (Wildman–Crippen LogP) is 1.38. The van der Waals surface area contributed by atoms with Crippen LogP contribution in [0.15, 0.2) is 53.3 Å². The van der Waals surface area contributed by atoms with Crippen molar-refractivity contribution in [3.63, 3.8) is 0 Å². The van der Waals surface area contributed by atoms with Crippen molar-refractivity contribution in [2.45, 2.75) is 24.9 Å². The fourth-order valence-corrected chi connectivity index (χ4v) is 6.19. The molecule has 0 aliphatic heterocycles. The van der Waals surface area contributed by atoms with E-state index in [1.165, 1.54) is 6.07 Å². The topological polar surface area (TPSA) is 190 Å². The second kappa shape index (κ2) is 10.2. The molecule has 11 nitrogen and oxygen atoms in total. The summed E-state index contributed by atoms with van der Waals surface area (Å²) in [5, 5.41) is 46.9. The average Bonchev–Trinajstić information content (AvgIpc) is 2.90. The maximum atomic E-state index is 13.7. The molecule has 0 saturated heterocycles. The molecule has 0 spiro atoms. The smallest absolute Gasteiger partial charge is 0.255 e. The maximum absolute atomic E-state index is 13.7. The third-order valence-electron chi connectivity index (χ3n) is 8.25. The number of nitrogens with one attached hydrogen (secondary N) is 1. The van der Waals surface area contributed by atoms with Gasteiger partial charge in [0.05, 0.1) is 5.56 Å². The number of phenols is 1. The molecule has 7 N–H and O–H groups in total. The number of amides is 2. The molecule has 3 atom stereocenters. The normalized spacial score (nSPS) is 23.7. The second-order valence-corrected chi connectivity index (χ2v) is 11.0. The molecule has 5 rings (SSSR count). The summed E-state index contributed by atoms with van der Waals surface area (Å²) >= 11 is 0. The standard InChI is InChI=1S/C30H31N3O8/c1-33(2)10-9-32-29(40)15-5-3-14(4-6-15)18-7-8-20(34)23-19(18)12-16-11-17-13-21(35)24(28(31)39)27(38)30(17,41)26(37)22(16)25(23)36/h3-8,16-17,34,36,38,41H,9-13H2,1-2H3,(H2,31,39)(H,32,40)/t16-,17+,30+/m1/s1. The Morgan fingerprint density at radius 1 is 1.05 bits per heavy atom. The molecular formula is C30H31N3O8. The molecule has 0 bridgehead atoms. The third kappa shape index (κ3) is 4.47. The summed E-state index contributed by atoms with van der Waals surface area (Å²) in [6.07, 6.45) is -0.151. The Balaban J connectivity index is 1.53. The van der Waals surface area contributed by atoms with Crippen LogP contribution in [0.25, 0.3) is 16.9 Å². The van der Waals surface area contributed by atoms with Crippen LogP contribution >= 0.6 is 0 Å². The minimum absolute atomic E-state index is 0.0140. The number of Topliss-reactive ketones (excluding diaryl/α,β-unsaturated/α-hetero) is 2. The lowest BCUT2D eigenvalue weighted by molar-refractivity contribution is -0.147. The highest BCUT2D eigenvalue weighted by Gasteiger charge is 2.60. The lowest BCUT2D eigenvalue weighted by Crippen LogP contribution is -2.58. The molecule has 2 aromatic carbocycles. The number of hydrogen-bond acceptors (Lipinski definition) is 9. The van der Waals surface area contributed by atoms with Gasteiger partial charge in [-0.3, -0.25) is 19.2 Å². The molecule has 0 heterocycles. The van der Waals surface area contributed by atoms with Crippen LogP contribution in [-0.2, 0) is 20.8 Å².